The van der Waals surface area contributed by atoms with E-state index in [0.717, 1.165) is 30.8 Å². The van der Waals surface area contributed by atoms with E-state index in [2.05, 4.69) is 5.32 Å². The number of nitrogens with zero attached hydrogens (tertiary/aromatic N) is 1. The van der Waals surface area contributed by atoms with Crippen LogP contribution in [0.2, 0.25) is 0 Å². The van der Waals surface area contributed by atoms with E-state index in [-0.39, 0.29) is 24.7 Å². The van der Waals surface area contributed by atoms with E-state index in [1.807, 2.05) is 18.7 Å². The van der Waals surface area contributed by atoms with Gasteiger partial charge < -0.3 is 20.1 Å². The second-order valence-electron chi connectivity index (χ2n) is 5.61. The molecule has 0 radical (unpaired) electrons. The first-order valence-corrected chi connectivity index (χ1v) is 8.74. The third-order valence-electron chi connectivity index (χ3n) is 3.98. The molecule has 0 saturated carbocycles. The van der Waals surface area contributed by atoms with E-state index in [9.17, 15) is 14.7 Å². The Bertz CT molecular complexity index is 374. The van der Waals surface area contributed by atoms with Gasteiger partial charge in [-0.05, 0) is 25.0 Å². The second-order valence-corrected chi connectivity index (χ2v) is 6.76. The fraction of sp³-hybridized carbons (Fsp3) is 0.857. The minimum absolute atomic E-state index is 0.147. The van der Waals surface area contributed by atoms with Crippen molar-refractivity contribution in [2.45, 2.75) is 38.3 Å². The molecule has 21 heavy (non-hydrogen) atoms. The van der Waals surface area contributed by atoms with Crippen molar-refractivity contribution in [1.29, 1.82) is 0 Å². The van der Waals surface area contributed by atoms with Crippen LogP contribution in [0.3, 0.4) is 0 Å². The van der Waals surface area contributed by atoms with Crippen LogP contribution < -0.4 is 5.32 Å². The predicted octanol–water partition coefficient (Wildman–Crippen LogP) is 1.40. The molecule has 120 valence electrons. The van der Waals surface area contributed by atoms with Gasteiger partial charge in [-0.25, -0.2) is 4.79 Å². The molecule has 3 atom stereocenters. The summed E-state index contributed by atoms with van der Waals surface area (Å²) >= 11 is 1.86. The lowest BCUT2D eigenvalue weighted by Crippen LogP contribution is -2.53. The summed E-state index contributed by atoms with van der Waals surface area (Å²) in [5, 5.41) is 12.3. The molecule has 2 aliphatic rings. The first-order valence-electron chi connectivity index (χ1n) is 7.59. The lowest BCUT2D eigenvalue weighted by molar-refractivity contribution is -0.142. The van der Waals surface area contributed by atoms with Crippen molar-refractivity contribution in [2.24, 2.45) is 5.92 Å². The molecule has 2 saturated heterocycles. The van der Waals surface area contributed by atoms with Gasteiger partial charge in [-0.15, -0.1) is 0 Å². The van der Waals surface area contributed by atoms with Gasteiger partial charge in [0, 0.05) is 18.3 Å². The van der Waals surface area contributed by atoms with Gasteiger partial charge in [0.05, 0.1) is 19.3 Å². The molecule has 6 nitrogen and oxygen atoms in total. The van der Waals surface area contributed by atoms with E-state index >= 15 is 0 Å². The van der Waals surface area contributed by atoms with Gasteiger partial charge in [0.1, 0.15) is 5.92 Å². The lowest BCUT2D eigenvalue weighted by Gasteiger charge is -2.32. The minimum atomic E-state index is -0.889. The molecule has 0 aromatic carbocycles. The number of hydrogen-bond donors (Lipinski definition) is 2. The first kappa shape index (κ1) is 16.4. The number of hydrogen-bond acceptors (Lipinski definition) is 4. The Labute approximate surface area is 129 Å². The lowest BCUT2D eigenvalue weighted by atomic mass is 10.0. The molecule has 0 aromatic heterocycles. The van der Waals surface area contributed by atoms with Gasteiger partial charge in [-0.1, -0.05) is 6.92 Å². The molecule has 0 bridgehead atoms. The van der Waals surface area contributed by atoms with Crippen molar-refractivity contribution in [3.8, 4) is 0 Å². The molecule has 2 N–H and O–H groups in total. The first-order chi connectivity index (χ1) is 10.1. The van der Waals surface area contributed by atoms with Gasteiger partial charge in [0.25, 0.3) is 0 Å². The summed E-state index contributed by atoms with van der Waals surface area (Å²) < 4.78 is 5.29. The zero-order chi connectivity index (χ0) is 15.2. The molecule has 2 heterocycles. The highest BCUT2D eigenvalue weighted by atomic mass is 32.2. The van der Waals surface area contributed by atoms with E-state index in [4.69, 9.17) is 4.74 Å². The maximum Gasteiger partial charge on any atom is 0.317 e. The number of carboxylic acids is 1. The summed E-state index contributed by atoms with van der Waals surface area (Å²) in [6.07, 6.45) is 2.92. The number of carboxylic acid groups (broad SMARTS) is 1. The fourth-order valence-electron chi connectivity index (χ4n) is 2.86. The number of carbonyl (C=O) groups excluding carboxylic acids is 1. The van der Waals surface area contributed by atoms with Crippen LogP contribution in [0.4, 0.5) is 4.79 Å². The van der Waals surface area contributed by atoms with Crippen molar-refractivity contribution in [3.05, 3.63) is 0 Å². The van der Waals surface area contributed by atoms with Gasteiger partial charge in [-0.2, -0.15) is 11.8 Å². The third kappa shape index (κ3) is 4.26. The van der Waals surface area contributed by atoms with E-state index in [0.29, 0.717) is 13.2 Å². The van der Waals surface area contributed by atoms with Crippen LogP contribution in [0, 0.1) is 5.92 Å². The van der Waals surface area contributed by atoms with Gasteiger partial charge in [0.2, 0.25) is 0 Å². The molecule has 2 aliphatic heterocycles. The van der Waals surface area contributed by atoms with Crippen LogP contribution in [0.1, 0.15) is 26.2 Å². The van der Waals surface area contributed by atoms with Crippen molar-refractivity contribution in [3.63, 3.8) is 0 Å². The van der Waals surface area contributed by atoms with Crippen LogP contribution >= 0.6 is 11.8 Å². The van der Waals surface area contributed by atoms with Crippen LogP contribution in [0.5, 0.6) is 0 Å². The molecular formula is C14H24N2O4S. The largest absolute Gasteiger partial charge is 0.481 e. The van der Waals surface area contributed by atoms with Crippen molar-refractivity contribution in [2.75, 3.05) is 31.3 Å². The number of amides is 2. The third-order valence-corrected chi connectivity index (χ3v) is 5.20. The van der Waals surface area contributed by atoms with E-state index in [1.54, 1.807) is 4.90 Å². The minimum Gasteiger partial charge on any atom is -0.481 e. The molecule has 2 amide bonds. The summed E-state index contributed by atoms with van der Waals surface area (Å²) in [5.74, 6) is 0.584. The highest BCUT2D eigenvalue weighted by Crippen LogP contribution is 2.22. The predicted molar refractivity (Wildman–Crippen MR) is 81.6 cm³/mol. The number of carbonyl (C=O) groups is 2. The summed E-state index contributed by atoms with van der Waals surface area (Å²) in [6.45, 7) is 3.04. The zero-order valence-corrected chi connectivity index (χ0v) is 13.2. The Kier molecular flexibility index (Phi) is 6.17. The Morgan fingerprint density at radius 3 is 2.86 bits per heavy atom. The van der Waals surface area contributed by atoms with E-state index < -0.39 is 11.9 Å². The van der Waals surface area contributed by atoms with Crippen molar-refractivity contribution < 1.29 is 19.4 Å². The fourth-order valence-corrected chi connectivity index (χ4v) is 3.93. The molecule has 0 aliphatic carbocycles. The normalized spacial score (nSPS) is 29.1. The molecule has 2 rings (SSSR count). The molecule has 2 fully saturated rings. The Morgan fingerprint density at radius 2 is 2.24 bits per heavy atom. The molecule has 7 heteroatoms. The monoisotopic (exact) mass is 316 g/mol. The van der Waals surface area contributed by atoms with Gasteiger partial charge >= 0.3 is 12.0 Å². The molecular weight excluding hydrogens is 292 g/mol. The van der Waals surface area contributed by atoms with E-state index in [1.165, 1.54) is 0 Å². The number of rotatable bonds is 5. The summed E-state index contributed by atoms with van der Waals surface area (Å²) in [6, 6.07) is -0.314. The maximum absolute atomic E-state index is 12.5. The van der Waals surface area contributed by atoms with Gasteiger partial charge in [0.15, 0.2) is 0 Å². The molecule has 0 aromatic rings. The number of nitrogens with one attached hydrogen (secondary N) is 1. The maximum atomic E-state index is 12.5. The zero-order valence-electron chi connectivity index (χ0n) is 12.4. The smallest absolute Gasteiger partial charge is 0.317 e. The van der Waals surface area contributed by atoms with Crippen LogP contribution in [-0.4, -0.2) is 65.4 Å². The van der Waals surface area contributed by atoms with Crippen molar-refractivity contribution in [1.82, 2.24) is 10.2 Å². The Morgan fingerprint density at radius 1 is 1.43 bits per heavy atom. The topological polar surface area (TPSA) is 78.9 Å². The van der Waals surface area contributed by atoms with Crippen LogP contribution in [0.15, 0.2) is 0 Å². The Balaban J connectivity index is 1.99. The Hall–Kier alpha value is -0.950. The SMILES string of the molecule is CCCN(C(=O)NC1CCCSC1)C1COCC1C(=O)O. The van der Waals surface area contributed by atoms with Crippen LogP contribution in [0.25, 0.3) is 0 Å². The van der Waals surface area contributed by atoms with Gasteiger partial charge in [-0.3, -0.25) is 4.79 Å². The summed E-state index contributed by atoms with van der Waals surface area (Å²) in [4.78, 5) is 25.5. The highest BCUT2D eigenvalue weighted by molar-refractivity contribution is 7.99. The standard InChI is InChI=1S/C14H24N2O4S/c1-2-5-16(12-8-20-7-11(12)13(17)18)14(19)15-10-4-3-6-21-9-10/h10-12H,2-9H2,1H3,(H,15,19)(H,17,18). The number of thioether (sulfide) groups is 1. The number of urea groups is 1. The quantitative estimate of drug-likeness (QED) is 0.801. The average Bonchev–Trinajstić information content (AvgIpc) is 2.95. The van der Waals surface area contributed by atoms with Crippen LogP contribution in [-0.2, 0) is 9.53 Å². The second kappa shape index (κ2) is 7.89. The molecule has 0 spiro atoms. The summed E-state index contributed by atoms with van der Waals surface area (Å²) in [5.41, 5.74) is 0. The summed E-state index contributed by atoms with van der Waals surface area (Å²) in [7, 11) is 0. The van der Waals surface area contributed by atoms with Crippen molar-refractivity contribution >= 4 is 23.8 Å². The number of ether oxygens (including phenoxy) is 1. The highest BCUT2D eigenvalue weighted by Gasteiger charge is 2.40. The number of aliphatic carboxylic acids is 1. The molecule has 3 unspecified atom stereocenters. The average molecular weight is 316 g/mol.